The number of piperidine rings is 1. The van der Waals surface area contributed by atoms with Gasteiger partial charge in [0, 0.05) is 38.0 Å². The van der Waals surface area contributed by atoms with E-state index in [4.69, 9.17) is 14.6 Å². The van der Waals surface area contributed by atoms with Gasteiger partial charge in [0.15, 0.2) is 11.6 Å². The monoisotopic (exact) mass is 421 g/mol. The number of aliphatic hydroxyl groups excluding tert-OH is 1. The molecule has 6 heteroatoms. The third kappa shape index (κ3) is 4.70. The maximum atomic E-state index is 12.9. The van der Waals surface area contributed by atoms with E-state index in [0.717, 1.165) is 49.4 Å². The van der Waals surface area contributed by atoms with Crippen LogP contribution in [0.2, 0.25) is 0 Å². The lowest BCUT2D eigenvalue weighted by atomic mass is 9.82. The van der Waals surface area contributed by atoms with E-state index in [1.807, 2.05) is 24.3 Å². The van der Waals surface area contributed by atoms with Gasteiger partial charge in [0.25, 0.3) is 0 Å². The summed E-state index contributed by atoms with van der Waals surface area (Å²) in [4.78, 5) is 26.6. The number of methoxy groups -OCH3 is 1. The zero-order chi connectivity index (χ0) is 21.8. The number of carbonyl (C=O) groups is 2. The number of fused-ring (bicyclic) bond motifs is 1. The van der Waals surface area contributed by atoms with E-state index in [0.29, 0.717) is 17.7 Å². The van der Waals surface area contributed by atoms with Crippen LogP contribution < -0.4 is 9.47 Å². The van der Waals surface area contributed by atoms with Crippen LogP contribution in [-0.2, 0) is 11.3 Å². The van der Waals surface area contributed by atoms with Crippen molar-refractivity contribution in [3.8, 4) is 11.5 Å². The van der Waals surface area contributed by atoms with Crippen LogP contribution in [-0.4, -0.2) is 54.0 Å². The Balaban J connectivity index is 1.43. The molecule has 0 bridgehead atoms. The fourth-order valence-electron chi connectivity index (χ4n) is 4.33. The minimum Gasteiger partial charge on any atom is -0.496 e. The van der Waals surface area contributed by atoms with Crippen molar-refractivity contribution in [2.45, 2.75) is 31.4 Å². The molecule has 2 aromatic carbocycles. The summed E-state index contributed by atoms with van der Waals surface area (Å²) in [5.74, 6) is 1.20. The first-order chi connectivity index (χ1) is 15.0. The van der Waals surface area contributed by atoms with Crippen molar-refractivity contribution in [3.63, 3.8) is 0 Å². The molecule has 0 unspecified atom stereocenters. The molecule has 0 atom stereocenters. The number of aliphatic hydroxyl groups is 1. The normalized spacial score (nSPS) is 18.1. The second kappa shape index (κ2) is 9.04. The largest absolute Gasteiger partial charge is 0.496 e. The van der Waals surface area contributed by atoms with Gasteiger partial charge in [-0.3, -0.25) is 14.5 Å². The molecule has 0 saturated carbocycles. The third-order valence-corrected chi connectivity index (χ3v) is 6.08. The first-order valence-electron chi connectivity index (χ1n) is 10.5. The Hall–Kier alpha value is -2.96. The van der Waals surface area contributed by atoms with Crippen molar-refractivity contribution in [2.24, 2.45) is 0 Å². The smallest absolute Gasteiger partial charge is 0.181 e. The summed E-state index contributed by atoms with van der Waals surface area (Å²) in [6, 6.07) is 13.4. The van der Waals surface area contributed by atoms with E-state index >= 15 is 0 Å². The summed E-state index contributed by atoms with van der Waals surface area (Å²) < 4.78 is 11.8. The molecule has 0 aliphatic carbocycles. The van der Waals surface area contributed by atoms with E-state index in [1.165, 1.54) is 6.08 Å². The summed E-state index contributed by atoms with van der Waals surface area (Å²) in [7, 11) is 1.69. The zero-order valence-corrected chi connectivity index (χ0v) is 17.7. The number of hydrogen-bond donors (Lipinski definition) is 1. The van der Waals surface area contributed by atoms with Crippen molar-refractivity contribution in [2.75, 3.05) is 26.8 Å². The number of Topliss-reactive ketones (excluding diaryl/α,β-unsaturated/α-hetero) is 1. The van der Waals surface area contributed by atoms with Crippen LogP contribution in [0, 0.1) is 0 Å². The molecule has 6 nitrogen and oxygen atoms in total. The van der Waals surface area contributed by atoms with Gasteiger partial charge in [-0.05, 0) is 29.8 Å². The van der Waals surface area contributed by atoms with Crippen LogP contribution in [0.5, 0.6) is 11.5 Å². The Bertz CT molecular complexity index is 1000. The van der Waals surface area contributed by atoms with E-state index in [2.05, 4.69) is 11.0 Å². The predicted octanol–water partition coefficient (Wildman–Crippen LogP) is 3.27. The van der Waals surface area contributed by atoms with Gasteiger partial charge < -0.3 is 14.6 Å². The van der Waals surface area contributed by atoms with Crippen molar-refractivity contribution in [1.29, 1.82) is 0 Å². The summed E-state index contributed by atoms with van der Waals surface area (Å²) >= 11 is 0. The number of ketones is 2. The molecule has 31 heavy (non-hydrogen) atoms. The number of likely N-dealkylation sites (tertiary alicyclic amines) is 1. The minimum absolute atomic E-state index is 0.0724. The van der Waals surface area contributed by atoms with E-state index in [1.54, 1.807) is 25.3 Å². The molecule has 0 aromatic heterocycles. The average Bonchev–Trinajstić information content (AvgIpc) is 2.79. The Kier molecular flexibility index (Phi) is 6.20. The zero-order valence-electron chi connectivity index (χ0n) is 17.7. The summed E-state index contributed by atoms with van der Waals surface area (Å²) in [5, 5.41) is 8.83. The van der Waals surface area contributed by atoms with Gasteiger partial charge in [0.2, 0.25) is 0 Å². The molecular formula is C25H27NO5. The first-order valence-corrected chi connectivity index (χ1v) is 10.5. The van der Waals surface area contributed by atoms with Crippen molar-refractivity contribution in [3.05, 3.63) is 65.2 Å². The van der Waals surface area contributed by atoms with Crippen LogP contribution in [0.15, 0.2) is 48.5 Å². The van der Waals surface area contributed by atoms with Crippen LogP contribution in [0.3, 0.4) is 0 Å². The van der Waals surface area contributed by atoms with Gasteiger partial charge in [0.05, 0.1) is 19.1 Å². The van der Waals surface area contributed by atoms with Crippen LogP contribution in [0.25, 0.3) is 6.08 Å². The quantitative estimate of drug-likeness (QED) is 0.722. The van der Waals surface area contributed by atoms with Crippen LogP contribution in [0.4, 0.5) is 0 Å². The van der Waals surface area contributed by atoms with Crippen molar-refractivity contribution in [1.82, 2.24) is 4.90 Å². The van der Waals surface area contributed by atoms with E-state index < -0.39 is 12.2 Å². The molecule has 0 radical (unpaired) electrons. The lowest BCUT2D eigenvalue weighted by molar-refractivity contribution is -0.117. The van der Waals surface area contributed by atoms with Gasteiger partial charge >= 0.3 is 0 Å². The molecule has 1 saturated heterocycles. The molecular weight excluding hydrogens is 394 g/mol. The van der Waals surface area contributed by atoms with Gasteiger partial charge in [-0.1, -0.05) is 30.3 Å². The highest BCUT2D eigenvalue weighted by molar-refractivity contribution is 6.01. The van der Waals surface area contributed by atoms with Crippen molar-refractivity contribution >= 4 is 17.6 Å². The summed E-state index contributed by atoms with van der Waals surface area (Å²) in [6.07, 6.45) is 4.87. The molecule has 4 rings (SSSR count). The highest BCUT2D eigenvalue weighted by Gasteiger charge is 2.42. The maximum absolute atomic E-state index is 12.9. The van der Waals surface area contributed by atoms with Crippen LogP contribution >= 0.6 is 0 Å². The highest BCUT2D eigenvalue weighted by atomic mass is 16.5. The number of carbonyl (C=O) groups excluding carboxylic acids is 2. The molecule has 2 aliphatic heterocycles. The lowest BCUT2D eigenvalue weighted by Gasteiger charge is -2.44. The second-order valence-corrected chi connectivity index (χ2v) is 8.19. The maximum Gasteiger partial charge on any atom is 0.181 e. The molecule has 0 amide bonds. The van der Waals surface area contributed by atoms with Crippen molar-refractivity contribution < 1.29 is 24.2 Å². The number of ether oxygens (including phenoxy) is 2. The third-order valence-electron chi connectivity index (χ3n) is 6.08. The van der Waals surface area contributed by atoms with Crippen LogP contribution in [0.1, 0.15) is 40.7 Å². The number of nitrogens with zero attached hydrogens (tertiary/aromatic N) is 1. The Morgan fingerprint density at radius 3 is 2.74 bits per heavy atom. The summed E-state index contributed by atoms with van der Waals surface area (Å²) in [5.41, 5.74) is 2.00. The molecule has 1 spiro atoms. The fourth-order valence-corrected chi connectivity index (χ4v) is 4.33. The van der Waals surface area contributed by atoms with Gasteiger partial charge in [-0.25, -0.2) is 0 Å². The Morgan fingerprint density at radius 2 is 2.00 bits per heavy atom. The lowest BCUT2D eigenvalue weighted by Crippen LogP contribution is -2.50. The second-order valence-electron chi connectivity index (χ2n) is 8.19. The highest BCUT2D eigenvalue weighted by Crippen LogP contribution is 2.40. The predicted molar refractivity (Wildman–Crippen MR) is 117 cm³/mol. The molecule has 1 N–H and O–H groups in total. The number of benzene rings is 2. The molecule has 1 fully saturated rings. The Morgan fingerprint density at radius 1 is 1.23 bits per heavy atom. The topological polar surface area (TPSA) is 76.1 Å². The van der Waals surface area contributed by atoms with Gasteiger partial charge in [0.1, 0.15) is 23.7 Å². The first kappa shape index (κ1) is 21.3. The van der Waals surface area contributed by atoms with E-state index in [9.17, 15) is 9.59 Å². The van der Waals surface area contributed by atoms with Gasteiger partial charge in [-0.2, -0.15) is 0 Å². The summed E-state index contributed by atoms with van der Waals surface area (Å²) in [6.45, 7) is 1.99. The number of para-hydroxylation sites is 1. The molecule has 2 aliphatic rings. The minimum atomic E-state index is -0.528. The SMILES string of the molecule is COc1ccccc1CN1CCC2(CC1)CC(=O)c1cc(/C=C/C(=O)CO)ccc1O2. The molecule has 2 heterocycles. The fraction of sp³-hybridized carbons (Fsp3) is 0.360. The Labute approximate surface area is 182 Å². The average molecular weight is 421 g/mol. The number of hydrogen-bond acceptors (Lipinski definition) is 6. The molecule has 162 valence electrons. The standard InChI is InChI=1S/C25H27NO5/c1-30-23-5-3-2-4-19(23)16-26-12-10-25(11-13-26)15-22(29)21-14-18(6-8-20(28)17-27)7-9-24(21)31-25/h2-9,14,27H,10-13,15-17H2,1H3/b8-6+. The van der Waals surface area contributed by atoms with Gasteiger partial charge in [-0.15, -0.1) is 0 Å². The van der Waals surface area contributed by atoms with E-state index in [-0.39, 0.29) is 11.6 Å². The number of rotatable bonds is 6. The molecule has 2 aromatic rings.